The number of hydrogen-bond acceptors (Lipinski definition) is 4. The molecule has 2 aromatic rings. The van der Waals surface area contributed by atoms with Gasteiger partial charge in [0.1, 0.15) is 0 Å². The van der Waals surface area contributed by atoms with Crippen molar-refractivity contribution < 1.29 is 4.79 Å². The molecule has 2 rings (SSSR count). The van der Waals surface area contributed by atoms with Gasteiger partial charge in [0.2, 0.25) is 0 Å². The first kappa shape index (κ1) is 13.5. The molecule has 5 heteroatoms. The second-order valence-electron chi connectivity index (χ2n) is 4.21. The van der Waals surface area contributed by atoms with E-state index in [2.05, 4.69) is 15.6 Å². The Kier molecular flexibility index (Phi) is 4.52. The van der Waals surface area contributed by atoms with Gasteiger partial charge in [-0.05, 0) is 18.6 Å². The van der Waals surface area contributed by atoms with E-state index in [4.69, 9.17) is 0 Å². The van der Waals surface area contributed by atoms with Gasteiger partial charge in [-0.3, -0.25) is 4.79 Å². The van der Waals surface area contributed by atoms with Gasteiger partial charge in [0.05, 0.1) is 5.69 Å². The molecule has 0 aliphatic rings. The Labute approximate surface area is 116 Å². The number of nitrogens with zero attached hydrogens (tertiary/aromatic N) is 1. The fraction of sp³-hybridized carbons (Fsp3) is 0.286. The summed E-state index contributed by atoms with van der Waals surface area (Å²) in [5, 5.41) is 8.83. The van der Waals surface area contributed by atoms with Crippen molar-refractivity contribution >= 4 is 22.4 Å². The molecule has 100 valence electrons. The number of nitrogens with one attached hydrogen (secondary N) is 2. The maximum Gasteiger partial charge on any atom is 0.251 e. The molecule has 1 aromatic carbocycles. The van der Waals surface area contributed by atoms with Crippen molar-refractivity contribution in [3.8, 4) is 0 Å². The zero-order valence-corrected chi connectivity index (χ0v) is 11.9. The molecule has 0 radical (unpaired) electrons. The number of carbonyl (C=O) groups is 1. The van der Waals surface area contributed by atoms with Crippen molar-refractivity contribution in [3.05, 3.63) is 46.5 Å². The SMILES string of the molecule is CNc1nc(CCNC(=O)c2ccccc2C)cs1. The Morgan fingerprint density at radius 1 is 1.37 bits per heavy atom. The second kappa shape index (κ2) is 6.33. The van der Waals surface area contributed by atoms with Crippen LogP contribution in [0.5, 0.6) is 0 Å². The van der Waals surface area contributed by atoms with Gasteiger partial charge < -0.3 is 10.6 Å². The highest BCUT2D eigenvalue weighted by Gasteiger charge is 2.07. The van der Waals surface area contributed by atoms with Gasteiger partial charge in [-0.15, -0.1) is 11.3 Å². The van der Waals surface area contributed by atoms with Gasteiger partial charge in [-0.2, -0.15) is 0 Å². The number of benzene rings is 1. The minimum absolute atomic E-state index is 0.0258. The summed E-state index contributed by atoms with van der Waals surface area (Å²) in [7, 11) is 1.85. The highest BCUT2D eigenvalue weighted by Crippen LogP contribution is 2.14. The van der Waals surface area contributed by atoms with Gasteiger partial charge in [-0.1, -0.05) is 18.2 Å². The van der Waals surface area contributed by atoms with Crippen LogP contribution in [0.15, 0.2) is 29.6 Å². The predicted molar refractivity (Wildman–Crippen MR) is 78.9 cm³/mol. The highest BCUT2D eigenvalue weighted by atomic mass is 32.1. The lowest BCUT2D eigenvalue weighted by atomic mass is 10.1. The average molecular weight is 275 g/mol. The largest absolute Gasteiger partial charge is 0.365 e. The third-order valence-corrected chi connectivity index (χ3v) is 3.73. The number of amides is 1. The van der Waals surface area contributed by atoms with Crippen LogP contribution in [0.3, 0.4) is 0 Å². The summed E-state index contributed by atoms with van der Waals surface area (Å²) in [4.78, 5) is 16.3. The first-order valence-corrected chi connectivity index (χ1v) is 7.04. The molecule has 0 bridgehead atoms. The first-order valence-electron chi connectivity index (χ1n) is 6.16. The number of carbonyl (C=O) groups excluding carboxylic acids is 1. The maximum absolute atomic E-state index is 12.0. The van der Waals surface area contributed by atoms with E-state index in [0.717, 1.165) is 28.4 Å². The van der Waals surface area contributed by atoms with E-state index in [-0.39, 0.29) is 5.91 Å². The molecule has 0 aliphatic carbocycles. The van der Waals surface area contributed by atoms with Crippen molar-refractivity contribution in [1.29, 1.82) is 0 Å². The zero-order chi connectivity index (χ0) is 13.7. The molecular formula is C14H17N3OS. The standard InChI is InChI=1S/C14H17N3OS/c1-10-5-3-4-6-12(10)13(18)16-8-7-11-9-19-14(15-2)17-11/h3-6,9H,7-8H2,1-2H3,(H,15,17)(H,16,18). The van der Waals surface area contributed by atoms with E-state index in [0.29, 0.717) is 6.54 Å². The third-order valence-electron chi connectivity index (χ3n) is 2.82. The number of aryl methyl sites for hydroxylation is 1. The predicted octanol–water partition coefficient (Wildman–Crippen LogP) is 2.47. The van der Waals surface area contributed by atoms with Crippen LogP contribution in [-0.4, -0.2) is 24.5 Å². The molecular weight excluding hydrogens is 258 g/mol. The molecule has 1 amide bonds. The van der Waals surface area contributed by atoms with E-state index in [1.807, 2.05) is 43.6 Å². The zero-order valence-electron chi connectivity index (χ0n) is 11.1. The molecule has 0 fully saturated rings. The van der Waals surface area contributed by atoms with Crippen molar-refractivity contribution in [1.82, 2.24) is 10.3 Å². The van der Waals surface area contributed by atoms with Crippen LogP contribution in [0.2, 0.25) is 0 Å². The van der Waals surface area contributed by atoms with Gasteiger partial charge in [0, 0.05) is 31.0 Å². The summed E-state index contributed by atoms with van der Waals surface area (Å²) in [6.07, 6.45) is 0.746. The molecule has 0 aliphatic heterocycles. The van der Waals surface area contributed by atoms with Crippen LogP contribution in [0.1, 0.15) is 21.6 Å². The van der Waals surface area contributed by atoms with Crippen LogP contribution < -0.4 is 10.6 Å². The fourth-order valence-corrected chi connectivity index (χ4v) is 2.47. The van der Waals surface area contributed by atoms with Gasteiger partial charge in [-0.25, -0.2) is 4.98 Å². The van der Waals surface area contributed by atoms with Gasteiger partial charge in [0.15, 0.2) is 5.13 Å². The number of aromatic nitrogens is 1. The lowest BCUT2D eigenvalue weighted by Gasteiger charge is -2.06. The van der Waals surface area contributed by atoms with Crippen LogP contribution in [-0.2, 0) is 6.42 Å². The average Bonchev–Trinajstić information content (AvgIpc) is 2.87. The summed E-state index contributed by atoms with van der Waals surface area (Å²) in [6, 6.07) is 7.59. The van der Waals surface area contributed by atoms with E-state index in [1.54, 1.807) is 11.3 Å². The normalized spacial score (nSPS) is 10.2. The number of rotatable bonds is 5. The Bertz CT molecular complexity index is 565. The summed E-state index contributed by atoms with van der Waals surface area (Å²) in [5.41, 5.74) is 2.72. The topological polar surface area (TPSA) is 54.0 Å². The Morgan fingerprint density at radius 2 is 2.16 bits per heavy atom. The summed E-state index contributed by atoms with van der Waals surface area (Å²) < 4.78 is 0. The summed E-state index contributed by atoms with van der Waals surface area (Å²) >= 11 is 1.57. The first-order chi connectivity index (χ1) is 9.20. The van der Waals surface area contributed by atoms with E-state index in [9.17, 15) is 4.79 Å². The monoisotopic (exact) mass is 275 g/mol. The molecule has 0 spiro atoms. The quantitative estimate of drug-likeness (QED) is 0.881. The molecule has 4 nitrogen and oxygen atoms in total. The minimum Gasteiger partial charge on any atom is -0.365 e. The molecule has 0 saturated carbocycles. The molecule has 1 aromatic heterocycles. The van der Waals surface area contributed by atoms with E-state index in [1.165, 1.54) is 0 Å². The van der Waals surface area contributed by atoms with Crippen LogP contribution in [0.25, 0.3) is 0 Å². The van der Waals surface area contributed by atoms with E-state index >= 15 is 0 Å². The highest BCUT2D eigenvalue weighted by molar-refractivity contribution is 7.13. The van der Waals surface area contributed by atoms with Crippen LogP contribution >= 0.6 is 11.3 Å². The Morgan fingerprint density at radius 3 is 2.84 bits per heavy atom. The smallest absolute Gasteiger partial charge is 0.251 e. The lowest BCUT2D eigenvalue weighted by Crippen LogP contribution is -2.26. The number of hydrogen-bond donors (Lipinski definition) is 2. The number of thiazole rings is 1. The summed E-state index contributed by atoms with van der Waals surface area (Å²) in [5.74, 6) is -0.0258. The maximum atomic E-state index is 12.0. The third kappa shape index (κ3) is 3.54. The molecule has 0 saturated heterocycles. The minimum atomic E-state index is -0.0258. The van der Waals surface area contributed by atoms with Crippen LogP contribution in [0, 0.1) is 6.92 Å². The fourth-order valence-electron chi connectivity index (χ4n) is 1.76. The van der Waals surface area contributed by atoms with E-state index < -0.39 is 0 Å². The Balaban J connectivity index is 1.86. The second-order valence-corrected chi connectivity index (χ2v) is 5.07. The van der Waals surface area contributed by atoms with Crippen molar-refractivity contribution in [3.63, 3.8) is 0 Å². The van der Waals surface area contributed by atoms with Gasteiger partial charge in [0.25, 0.3) is 5.91 Å². The van der Waals surface area contributed by atoms with Gasteiger partial charge >= 0.3 is 0 Å². The van der Waals surface area contributed by atoms with Crippen molar-refractivity contribution in [2.75, 3.05) is 18.9 Å². The van der Waals surface area contributed by atoms with Crippen molar-refractivity contribution in [2.45, 2.75) is 13.3 Å². The molecule has 2 N–H and O–H groups in total. The number of anilines is 1. The molecule has 0 atom stereocenters. The lowest BCUT2D eigenvalue weighted by molar-refractivity contribution is 0.0953. The molecule has 19 heavy (non-hydrogen) atoms. The molecule has 0 unspecified atom stereocenters. The summed E-state index contributed by atoms with van der Waals surface area (Å²) in [6.45, 7) is 2.54. The molecule has 1 heterocycles. The van der Waals surface area contributed by atoms with Crippen LogP contribution in [0.4, 0.5) is 5.13 Å². The Hall–Kier alpha value is -1.88. The van der Waals surface area contributed by atoms with Crippen molar-refractivity contribution in [2.24, 2.45) is 0 Å².